The second kappa shape index (κ2) is 7.55. The van der Waals surface area contributed by atoms with Crippen LogP contribution in [0.1, 0.15) is 5.69 Å². The van der Waals surface area contributed by atoms with Crippen LogP contribution in [0.2, 0.25) is 5.02 Å². The molecular formula is C18H11ClF3N5O3S2. The molecule has 0 saturated heterocycles. The fourth-order valence-corrected chi connectivity index (χ4v) is 4.15. The molecule has 0 atom stereocenters. The van der Waals surface area contributed by atoms with Gasteiger partial charge in [-0.15, -0.1) is 0 Å². The van der Waals surface area contributed by atoms with Gasteiger partial charge in [-0.3, -0.25) is 19.0 Å². The number of fused-ring (bicyclic) bond motifs is 1. The van der Waals surface area contributed by atoms with E-state index in [4.69, 9.17) is 29.0 Å². The average molecular weight is 502 g/mol. The van der Waals surface area contributed by atoms with Gasteiger partial charge in [0.2, 0.25) is 10.0 Å². The first kappa shape index (κ1) is 22.2. The maximum atomic E-state index is 13.6. The number of sulfonamides is 1. The van der Waals surface area contributed by atoms with Gasteiger partial charge in [0, 0.05) is 5.02 Å². The first-order valence-corrected chi connectivity index (χ1v) is 11.0. The van der Waals surface area contributed by atoms with Crippen LogP contribution in [-0.2, 0) is 16.2 Å². The Morgan fingerprint density at radius 2 is 1.53 bits per heavy atom. The lowest BCUT2D eigenvalue weighted by Crippen LogP contribution is -2.25. The van der Waals surface area contributed by atoms with E-state index in [-0.39, 0.29) is 21.0 Å². The van der Waals surface area contributed by atoms with E-state index in [1.807, 2.05) is 5.10 Å². The lowest BCUT2D eigenvalue weighted by Gasteiger charge is -2.14. The van der Waals surface area contributed by atoms with Crippen molar-refractivity contribution >= 4 is 44.9 Å². The van der Waals surface area contributed by atoms with Crippen molar-refractivity contribution in [3.8, 4) is 11.4 Å². The van der Waals surface area contributed by atoms with Crippen molar-refractivity contribution in [1.29, 1.82) is 0 Å². The molecule has 4 rings (SSSR count). The van der Waals surface area contributed by atoms with Crippen LogP contribution in [0.25, 0.3) is 22.4 Å². The summed E-state index contributed by atoms with van der Waals surface area (Å²) in [6.45, 7) is 0. The van der Waals surface area contributed by atoms with Crippen molar-refractivity contribution < 1.29 is 21.6 Å². The van der Waals surface area contributed by atoms with Crippen LogP contribution in [-0.4, -0.2) is 27.7 Å². The molecule has 2 aromatic heterocycles. The molecule has 14 heteroatoms. The van der Waals surface area contributed by atoms with Crippen molar-refractivity contribution in [3.63, 3.8) is 0 Å². The number of nitrogens with two attached hydrogens (primary N) is 1. The predicted octanol–water partition coefficient (Wildman–Crippen LogP) is 3.55. The highest BCUT2D eigenvalue weighted by molar-refractivity contribution is 7.89. The molecular weight excluding hydrogens is 491 g/mol. The molecule has 8 nitrogen and oxygen atoms in total. The van der Waals surface area contributed by atoms with Crippen molar-refractivity contribution in [2.24, 2.45) is 5.14 Å². The molecule has 32 heavy (non-hydrogen) atoms. The van der Waals surface area contributed by atoms with Crippen LogP contribution in [0.3, 0.4) is 0 Å². The Balaban J connectivity index is 2.13. The molecule has 0 spiro atoms. The van der Waals surface area contributed by atoms with Gasteiger partial charge in [-0.1, -0.05) is 11.6 Å². The lowest BCUT2D eigenvalue weighted by molar-refractivity contribution is -0.140. The summed E-state index contributed by atoms with van der Waals surface area (Å²) in [4.78, 5) is 12.9. The molecule has 0 radical (unpaired) electrons. The van der Waals surface area contributed by atoms with Crippen LogP contribution in [0, 0.1) is 4.77 Å². The summed E-state index contributed by atoms with van der Waals surface area (Å²) in [5, 5.41) is 10.3. The standard InChI is InChI=1S/C18H11ClF3N5O3S2/c19-9-1-3-10(4-2-9)26-15-13(14(24-25-15)18(20,21)22)16(28)27(17(26)31)11-5-7-12(8-6-11)32(23,29)30/h1-8H,(H,24,25)(H2,23,29,30). The Hall–Kier alpha value is -3.00. The molecule has 2 heterocycles. The molecule has 0 aliphatic rings. The Kier molecular flexibility index (Phi) is 5.24. The van der Waals surface area contributed by atoms with Crippen molar-refractivity contribution in [2.45, 2.75) is 11.1 Å². The monoisotopic (exact) mass is 501 g/mol. The number of halogens is 4. The summed E-state index contributed by atoms with van der Waals surface area (Å²) in [6, 6.07) is 10.6. The molecule has 3 N–H and O–H groups in total. The van der Waals surface area contributed by atoms with Gasteiger partial charge in [0.25, 0.3) is 5.56 Å². The maximum Gasteiger partial charge on any atom is 0.433 e. The number of primary sulfonamides is 1. The Morgan fingerprint density at radius 3 is 2.06 bits per heavy atom. The van der Waals surface area contributed by atoms with Gasteiger partial charge in [-0.25, -0.2) is 13.6 Å². The Bertz CT molecular complexity index is 1570. The third-order valence-electron chi connectivity index (χ3n) is 4.55. The molecule has 0 aliphatic carbocycles. The minimum Gasteiger partial charge on any atom is -0.271 e. The highest BCUT2D eigenvalue weighted by Gasteiger charge is 2.37. The minimum absolute atomic E-state index is 0.0336. The summed E-state index contributed by atoms with van der Waals surface area (Å²) in [5.74, 6) is 0. The highest BCUT2D eigenvalue weighted by Crippen LogP contribution is 2.32. The number of rotatable bonds is 3. The molecule has 0 amide bonds. The second-order valence-corrected chi connectivity index (χ2v) is 8.93. The maximum absolute atomic E-state index is 13.6. The van der Waals surface area contributed by atoms with E-state index < -0.39 is 32.8 Å². The first-order chi connectivity index (χ1) is 14.9. The molecule has 2 aromatic carbocycles. The van der Waals surface area contributed by atoms with E-state index in [0.29, 0.717) is 10.7 Å². The smallest absolute Gasteiger partial charge is 0.271 e. The van der Waals surface area contributed by atoms with Gasteiger partial charge in [-0.2, -0.15) is 18.3 Å². The largest absolute Gasteiger partial charge is 0.433 e. The molecule has 0 aliphatic heterocycles. The molecule has 166 valence electrons. The number of aromatic nitrogens is 4. The van der Waals surface area contributed by atoms with Crippen molar-refractivity contribution in [3.05, 3.63) is 74.4 Å². The first-order valence-electron chi connectivity index (χ1n) is 8.62. The number of nitrogens with one attached hydrogen (secondary N) is 1. The summed E-state index contributed by atoms with van der Waals surface area (Å²) >= 11 is 11.3. The van der Waals surface area contributed by atoms with E-state index in [1.165, 1.54) is 41.0 Å². The zero-order chi connectivity index (χ0) is 23.4. The quantitative estimate of drug-likeness (QED) is 0.416. The van der Waals surface area contributed by atoms with Gasteiger partial charge in [0.1, 0.15) is 5.39 Å². The van der Waals surface area contributed by atoms with E-state index in [9.17, 15) is 26.4 Å². The second-order valence-electron chi connectivity index (χ2n) is 6.57. The fourth-order valence-electron chi connectivity index (χ4n) is 3.13. The number of nitrogens with zero attached hydrogens (tertiary/aromatic N) is 3. The summed E-state index contributed by atoms with van der Waals surface area (Å²) in [5.41, 5.74) is -2.41. The molecule has 0 unspecified atom stereocenters. The van der Waals surface area contributed by atoms with Crippen LogP contribution in [0.15, 0.2) is 58.2 Å². The van der Waals surface area contributed by atoms with Gasteiger partial charge < -0.3 is 0 Å². The zero-order valence-corrected chi connectivity index (χ0v) is 18.0. The van der Waals surface area contributed by atoms with Gasteiger partial charge in [0.05, 0.1) is 16.3 Å². The minimum atomic E-state index is -4.90. The van der Waals surface area contributed by atoms with Crippen molar-refractivity contribution in [1.82, 2.24) is 19.3 Å². The average Bonchev–Trinajstić information content (AvgIpc) is 3.15. The Labute approximate surface area is 187 Å². The predicted molar refractivity (Wildman–Crippen MR) is 113 cm³/mol. The van der Waals surface area contributed by atoms with Gasteiger partial charge in [0.15, 0.2) is 16.1 Å². The van der Waals surface area contributed by atoms with E-state index >= 15 is 0 Å². The summed E-state index contributed by atoms with van der Waals surface area (Å²) < 4.78 is 65.6. The summed E-state index contributed by atoms with van der Waals surface area (Å²) in [7, 11) is -4.02. The van der Waals surface area contributed by atoms with E-state index in [0.717, 1.165) is 16.7 Å². The Morgan fingerprint density at radius 1 is 1.00 bits per heavy atom. The molecule has 0 fully saturated rings. The number of aromatic amines is 1. The lowest BCUT2D eigenvalue weighted by atomic mass is 10.2. The van der Waals surface area contributed by atoms with E-state index in [2.05, 4.69) is 5.10 Å². The molecule has 4 aromatic rings. The highest BCUT2D eigenvalue weighted by atomic mass is 35.5. The summed E-state index contributed by atoms with van der Waals surface area (Å²) in [6.07, 6.45) is -4.90. The fraction of sp³-hybridized carbons (Fsp3) is 0.0556. The normalized spacial score (nSPS) is 12.4. The zero-order valence-electron chi connectivity index (χ0n) is 15.6. The number of hydrogen-bond acceptors (Lipinski definition) is 5. The van der Waals surface area contributed by atoms with Crippen LogP contribution < -0.4 is 10.7 Å². The van der Waals surface area contributed by atoms with Crippen LogP contribution >= 0.6 is 23.8 Å². The third kappa shape index (κ3) is 3.72. The third-order valence-corrected chi connectivity index (χ3v) is 6.10. The van der Waals surface area contributed by atoms with Gasteiger partial charge in [-0.05, 0) is 60.7 Å². The van der Waals surface area contributed by atoms with Crippen LogP contribution in [0.4, 0.5) is 13.2 Å². The number of alkyl halides is 3. The van der Waals surface area contributed by atoms with Crippen molar-refractivity contribution in [2.75, 3.05) is 0 Å². The van der Waals surface area contributed by atoms with Gasteiger partial charge >= 0.3 is 6.18 Å². The SMILES string of the molecule is NS(=O)(=O)c1ccc(-n2c(=O)c3c(C(F)(F)F)[nH]nc3n(-c3ccc(Cl)cc3)c2=S)cc1. The van der Waals surface area contributed by atoms with Crippen LogP contribution in [0.5, 0.6) is 0 Å². The molecule has 0 bridgehead atoms. The molecule has 0 saturated carbocycles. The number of hydrogen-bond donors (Lipinski definition) is 2. The number of H-pyrrole nitrogens is 1. The topological polar surface area (TPSA) is 116 Å². The van der Waals surface area contributed by atoms with E-state index in [1.54, 1.807) is 0 Å². The number of benzene rings is 2.